The van der Waals surface area contributed by atoms with Gasteiger partial charge in [0.2, 0.25) is 0 Å². The van der Waals surface area contributed by atoms with Crippen LogP contribution in [-0.4, -0.2) is 12.5 Å². The summed E-state index contributed by atoms with van der Waals surface area (Å²) >= 11 is 0. The molecule has 0 radical (unpaired) electrons. The van der Waals surface area contributed by atoms with Crippen molar-refractivity contribution in [2.24, 2.45) is 0 Å². The first kappa shape index (κ1) is 15.8. The Labute approximate surface area is 131 Å². The van der Waals surface area contributed by atoms with Gasteiger partial charge >= 0.3 is 0 Å². The monoisotopic (exact) mass is 295 g/mol. The van der Waals surface area contributed by atoms with Crippen LogP contribution in [0.25, 0.3) is 0 Å². The van der Waals surface area contributed by atoms with Crippen molar-refractivity contribution >= 4 is 5.91 Å². The van der Waals surface area contributed by atoms with E-state index in [0.717, 1.165) is 11.1 Å². The van der Waals surface area contributed by atoms with Crippen LogP contribution >= 0.6 is 0 Å². The zero-order valence-electron chi connectivity index (χ0n) is 13.1. The van der Waals surface area contributed by atoms with Gasteiger partial charge in [0, 0.05) is 12.1 Å². The minimum absolute atomic E-state index is 0.110. The van der Waals surface area contributed by atoms with Crippen molar-refractivity contribution in [1.82, 2.24) is 5.32 Å². The molecule has 0 fully saturated rings. The van der Waals surface area contributed by atoms with Gasteiger partial charge in [-0.25, -0.2) is 0 Å². The number of amides is 1. The van der Waals surface area contributed by atoms with Gasteiger partial charge in [-0.3, -0.25) is 4.79 Å². The zero-order chi connectivity index (χ0) is 15.9. The summed E-state index contributed by atoms with van der Waals surface area (Å²) in [7, 11) is 0. The molecule has 1 N–H and O–H groups in total. The van der Waals surface area contributed by atoms with Crippen LogP contribution in [-0.2, 0) is 6.54 Å². The van der Waals surface area contributed by atoms with Crippen LogP contribution in [0.3, 0.4) is 0 Å². The molecule has 2 aromatic rings. The van der Waals surface area contributed by atoms with Crippen molar-refractivity contribution in [2.45, 2.75) is 20.4 Å². The Morgan fingerprint density at radius 2 is 1.91 bits per heavy atom. The molecule has 22 heavy (non-hydrogen) atoms. The lowest BCUT2D eigenvalue weighted by atomic mass is 10.1. The highest BCUT2D eigenvalue weighted by atomic mass is 16.5. The summed E-state index contributed by atoms with van der Waals surface area (Å²) in [5, 5.41) is 2.91. The maximum Gasteiger partial charge on any atom is 0.251 e. The first-order valence-electron chi connectivity index (χ1n) is 7.25. The first-order chi connectivity index (χ1) is 10.5. The minimum Gasteiger partial charge on any atom is -0.489 e. The Kier molecular flexibility index (Phi) is 5.37. The molecule has 0 atom stereocenters. The van der Waals surface area contributed by atoms with E-state index in [2.05, 4.69) is 11.9 Å². The van der Waals surface area contributed by atoms with Crippen LogP contribution in [0.15, 0.2) is 60.7 Å². The molecular formula is C19H21NO2. The Bertz CT molecular complexity index is 659. The lowest BCUT2D eigenvalue weighted by molar-refractivity contribution is 0.0950. The average molecular weight is 295 g/mol. The number of aryl methyl sites for hydroxylation is 1. The third kappa shape index (κ3) is 4.77. The van der Waals surface area contributed by atoms with Gasteiger partial charge in [-0.05, 0) is 43.2 Å². The molecule has 0 aliphatic rings. The van der Waals surface area contributed by atoms with Crippen LogP contribution < -0.4 is 10.1 Å². The van der Waals surface area contributed by atoms with Crippen LogP contribution in [0.1, 0.15) is 28.4 Å². The van der Waals surface area contributed by atoms with E-state index >= 15 is 0 Å². The van der Waals surface area contributed by atoms with Crippen LogP contribution in [0.2, 0.25) is 0 Å². The lowest BCUT2D eigenvalue weighted by Gasteiger charge is -2.09. The summed E-state index contributed by atoms with van der Waals surface area (Å²) < 4.78 is 5.55. The van der Waals surface area contributed by atoms with E-state index in [9.17, 15) is 4.79 Å². The predicted octanol–water partition coefficient (Wildman–Crippen LogP) is 3.88. The van der Waals surface area contributed by atoms with Gasteiger partial charge in [0.25, 0.3) is 5.91 Å². The SMILES string of the molecule is C=C(C)COc1cccc(C(=O)NCc2ccc(C)cc2)c1. The van der Waals surface area contributed by atoms with Crippen LogP contribution in [0.5, 0.6) is 5.75 Å². The smallest absolute Gasteiger partial charge is 0.251 e. The third-order valence-corrected chi connectivity index (χ3v) is 3.16. The number of carbonyl (C=O) groups is 1. The van der Waals surface area contributed by atoms with E-state index in [1.54, 1.807) is 12.1 Å². The average Bonchev–Trinajstić information content (AvgIpc) is 2.52. The Balaban J connectivity index is 1.95. The molecule has 2 rings (SSSR count). The molecule has 2 aromatic carbocycles. The number of benzene rings is 2. The summed E-state index contributed by atoms with van der Waals surface area (Å²) in [5.41, 5.74) is 3.81. The minimum atomic E-state index is -0.110. The standard InChI is InChI=1S/C19H21NO2/c1-14(2)13-22-18-6-4-5-17(11-18)19(21)20-12-16-9-7-15(3)8-10-16/h4-11H,1,12-13H2,2-3H3,(H,20,21). The molecule has 0 heterocycles. The number of rotatable bonds is 6. The van der Waals surface area contributed by atoms with Gasteiger partial charge in [0.1, 0.15) is 12.4 Å². The number of ether oxygens (including phenoxy) is 1. The van der Waals surface area contributed by atoms with Crippen molar-refractivity contribution in [3.05, 3.63) is 77.4 Å². The van der Waals surface area contributed by atoms with Crippen molar-refractivity contribution < 1.29 is 9.53 Å². The van der Waals surface area contributed by atoms with Crippen LogP contribution in [0, 0.1) is 6.92 Å². The second-order valence-electron chi connectivity index (χ2n) is 5.44. The van der Waals surface area contributed by atoms with Crippen molar-refractivity contribution in [2.75, 3.05) is 6.61 Å². The van der Waals surface area contributed by atoms with E-state index in [4.69, 9.17) is 4.74 Å². The van der Waals surface area contributed by atoms with E-state index in [0.29, 0.717) is 24.5 Å². The summed E-state index contributed by atoms with van der Waals surface area (Å²) in [6.07, 6.45) is 0. The second kappa shape index (κ2) is 7.46. The second-order valence-corrected chi connectivity index (χ2v) is 5.44. The number of nitrogens with one attached hydrogen (secondary N) is 1. The van der Waals surface area contributed by atoms with Gasteiger partial charge < -0.3 is 10.1 Å². The number of hydrogen-bond acceptors (Lipinski definition) is 2. The fourth-order valence-corrected chi connectivity index (χ4v) is 1.92. The largest absolute Gasteiger partial charge is 0.489 e. The van der Waals surface area contributed by atoms with E-state index in [1.165, 1.54) is 5.56 Å². The molecule has 3 nitrogen and oxygen atoms in total. The third-order valence-electron chi connectivity index (χ3n) is 3.16. The normalized spacial score (nSPS) is 10.1. The molecule has 0 aliphatic carbocycles. The predicted molar refractivity (Wildman–Crippen MR) is 89.1 cm³/mol. The van der Waals surface area contributed by atoms with E-state index in [1.807, 2.05) is 50.2 Å². The van der Waals surface area contributed by atoms with Gasteiger partial charge in [-0.15, -0.1) is 0 Å². The van der Waals surface area contributed by atoms with Crippen molar-refractivity contribution in [3.63, 3.8) is 0 Å². The fraction of sp³-hybridized carbons (Fsp3) is 0.211. The number of carbonyl (C=O) groups excluding carboxylic acids is 1. The quantitative estimate of drug-likeness (QED) is 0.821. The van der Waals surface area contributed by atoms with Crippen molar-refractivity contribution in [1.29, 1.82) is 0 Å². The summed E-state index contributed by atoms with van der Waals surface area (Å²) in [6.45, 7) is 8.70. The molecule has 0 spiro atoms. The zero-order valence-corrected chi connectivity index (χ0v) is 13.1. The summed E-state index contributed by atoms with van der Waals surface area (Å²) in [4.78, 5) is 12.2. The van der Waals surface area contributed by atoms with Gasteiger partial charge in [0.15, 0.2) is 0 Å². The molecule has 0 saturated carbocycles. The van der Waals surface area contributed by atoms with Crippen LogP contribution in [0.4, 0.5) is 0 Å². The Morgan fingerprint density at radius 1 is 1.18 bits per heavy atom. The Hall–Kier alpha value is -2.55. The van der Waals surface area contributed by atoms with E-state index < -0.39 is 0 Å². The van der Waals surface area contributed by atoms with Gasteiger partial charge in [0.05, 0.1) is 0 Å². The molecule has 114 valence electrons. The van der Waals surface area contributed by atoms with Gasteiger partial charge in [-0.1, -0.05) is 42.5 Å². The molecule has 3 heteroatoms. The molecule has 0 saturated heterocycles. The summed E-state index contributed by atoms with van der Waals surface area (Å²) in [6, 6.07) is 15.3. The lowest BCUT2D eigenvalue weighted by Crippen LogP contribution is -2.22. The highest BCUT2D eigenvalue weighted by molar-refractivity contribution is 5.94. The molecule has 1 amide bonds. The Morgan fingerprint density at radius 3 is 2.59 bits per heavy atom. The maximum absolute atomic E-state index is 12.2. The first-order valence-corrected chi connectivity index (χ1v) is 7.25. The molecule has 0 aliphatic heterocycles. The highest BCUT2D eigenvalue weighted by Crippen LogP contribution is 2.14. The van der Waals surface area contributed by atoms with Crippen molar-refractivity contribution in [3.8, 4) is 5.75 Å². The van der Waals surface area contributed by atoms with E-state index in [-0.39, 0.29) is 5.91 Å². The maximum atomic E-state index is 12.2. The molecule has 0 bridgehead atoms. The molecule has 0 unspecified atom stereocenters. The fourth-order valence-electron chi connectivity index (χ4n) is 1.92. The number of hydrogen-bond donors (Lipinski definition) is 1. The molecular weight excluding hydrogens is 274 g/mol. The summed E-state index contributed by atoms with van der Waals surface area (Å²) in [5.74, 6) is 0.562. The van der Waals surface area contributed by atoms with Gasteiger partial charge in [-0.2, -0.15) is 0 Å². The molecule has 0 aromatic heterocycles. The highest BCUT2D eigenvalue weighted by Gasteiger charge is 2.06. The topological polar surface area (TPSA) is 38.3 Å².